The van der Waals surface area contributed by atoms with Crippen LogP contribution in [0, 0.1) is 6.92 Å². The molecule has 0 radical (unpaired) electrons. The van der Waals surface area contributed by atoms with E-state index in [1.807, 2.05) is 36.5 Å². The first-order valence-electron chi connectivity index (χ1n) is 11.8. The second-order valence-corrected chi connectivity index (χ2v) is 10.1. The fourth-order valence-corrected chi connectivity index (χ4v) is 5.36. The zero-order valence-electron chi connectivity index (χ0n) is 19.5. The van der Waals surface area contributed by atoms with Gasteiger partial charge in [-0.3, -0.25) is 4.79 Å². The molecule has 2 aromatic carbocycles. The van der Waals surface area contributed by atoms with Crippen molar-refractivity contribution >= 4 is 22.7 Å². The third-order valence-corrected chi connectivity index (χ3v) is 7.27. The Balaban J connectivity index is 1.27. The lowest BCUT2D eigenvalue weighted by Crippen LogP contribution is -2.36. The number of aryl methyl sites for hydroxylation is 1. The van der Waals surface area contributed by atoms with Crippen LogP contribution in [0.4, 0.5) is 11.4 Å². The number of ether oxygens (including phenoxy) is 2. The standard InChI is InChI=1S/C27H26N4O3S/c1-17-15-29-26(35-17)16-28-20-5-6-24-19(12-20)11-18-3-2-4-22(27(18)34-24)23-13-21(14-25(32)30-23)31-7-9-33-10-8-31/h2-6,12-15,28H,7-11,16H2,1H3,(H,30,32). The monoisotopic (exact) mass is 486 g/mol. The van der Waals surface area contributed by atoms with Gasteiger partial charge >= 0.3 is 0 Å². The number of rotatable bonds is 5. The van der Waals surface area contributed by atoms with Gasteiger partial charge < -0.3 is 24.7 Å². The highest BCUT2D eigenvalue weighted by atomic mass is 32.1. The van der Waals surface area contributed by atoms with E-state index in [-0.39, 0.29) is 5.56 Å². The van der Waals surface area contributed by atoms with Crippen LogP contribution in [0.3, 0.4) is 0 Å². The van der Waals surface area contributed by atoms with Gasteiger partial charge in [0.2, 0.25) is 5.56 Å². The van der Waals surface area contributed by atoms with Crippen molar-refractivity contribution in [3.8, 4) is 22.8 Å². The van der Waals surface area contributed by atoms with Crippen LogP contribution in [0.5, 0.6) is 11.5 Å². The number of anilines is 2. The lowest BCUT2D eigenvalue weighted by molar-refractivity contribution is 0.122. The Labute approximate surface area is 207 Å². The Morgan fingerprint density at radius 1 is 1.11 bits per heavy atom. The summed E-state index contributed by atoms with van der Waals surface area (Å²) in [6.45, 7) is 5.66. The summed E-state index contributed by atoms with van der Waals surface area (Å²) < 4.78 is 11.9. The van der Waals surface area contributed by atoms with Gasteiger partial charge in [0.05, 0.1) is 25.5 Å². The number of hydrogen-bond acceptors (Lipinski definition) is 7. The zero-order chi connectivity index (χ0) is 23.8. The van der Waals surface area contributed by atoms with E-state index in [4.69, 9.17) is 9.47 Å². The van der Waals surface area contributed by atoms with E-state index in [9.17, 15) is 4.79 Å². The second-order valence-electron chi connectivity index (χ2n) is 8.83. The number of H-pyrrole nitrogens is 1. The minimum absolute atomic E-state index is 0.121. The Hall–Kier alpha value is -3.62. The third-order valence-electron chi connectivity index (χ3n) is 6.36. The summed E-state index contributed by atoms with van der Waals surface area (Å²) in [5, 5.41) is 4.54. The summed E-state index contributed by atoms with van der Waals surface area (Å²) in [5.74, 6) is 1.64. The number of thiazole rings is 1. The molecule has 7 nitrogen and oxygen atoms in total. The van der Waals surface area contributed by atoms with Gasteiger partial charge in [0.25, 0.3) is 0 Å². The number of aromatic nitrogens is 2. The van der Waals surface area contributed by atoms with Crippen molar-refractivity contribution in [1.82, 2.24) is 9.97 Å². The average molecular weight is 487 g/mol. The molecular formula is C27H26N4O3S. The van der Waals surface area contributed by atoms with Crippen molar-refractivity contribution in [2.45, 2.75) is 19.9 Å². The Morgan fingerprint density at radius 2 is 2.00 bits per heavy atom. The topological polar surface area (TPSA) is 79.5 Å². The highest BCUT2D eigenvalue weighted by Crippen LogP contribution is 2.43. The van der Waals surface area contributed by atoms with E-state index in [1.54, 1.807) is 17.4 Å². The molecule has 2 aliphatic heterocycles. The molecule has 178 valence electrons. The van der Waals surface area contributed by atoms with E-state index in [1.165, 1.54) is 4.88 Å². The molecule has 0 spiro atoms. The van der Waals surface area contributed by atoms with E-state index >= 15 is 0 Å². The number of hydrogen-bond donors (Lipinski definition) is 2. The number of para-hydroxylation sites is 1. The molecule has 0 amide bonds. The first-order chi connectivity index (χ1) is 17.1. The number of nitrogens with one attached hydrogen (secondary N) is 2. The van der Waals surface area contributed by atoms with E-state index in [2.05, 4.69) is 39.2 Å². The van der Waals surface area contributed by atoms with Crippen molar-refractivity contribution < 1.29 is 9.47 Å². The lowest BCUT2D eigenvalue weighted by Gasteiger charge is -2.29. The van der Waals surface area contributed by atoms with Gasteiger partial charge in [0, 0.05) is 59.2 Å². The molecular weight excluding hydrogens is 460 g/mol. The summed E-state index contributed by atoms with van der Waals surface area (Å²) in [7, 11) is 0. The molecule has 2 aliphatic rings. The zero-order valence-corrected chi connectivity index (χ0v) is 20.3. The number of morpholine rings is 1. The molecule has 4 heterocycles. The first-order valence-corrected chi connectivity index (χ1v) is 12.6. The quantitative estimate of drug-likeness (QED) is 0.366. The molecule has 35 heavy (non-hydrogen) atoms. The van der Waals surface area contributed by atoms with Crippen LogP contribution >= 0.6 is 11.3 Å². The molecule has 4 aromatic rings. The minimum atomic E-state index is -0.121. The van der Waals surface area contributed by atoms with Gasteiger partial charge in [-0.1, -0.05) is 12.1 Å². The van der Waals surface area contributed by atoms with Gasteiger partial charge in [-0.15, -0.1) is 11.3 Å². The van der Waals surface area contributed by atoms with Crippen LogP contribution in [-0.4, -0.2) is 36.3 Å². The maximum absolute atomic E-state index is 12.5. The Morgan fingerprint density at radius 3 is 2.83 bits per heavy atom. The van der Waals surface area contributed by atoms with Crippen molar-refractivity contribution in [3.05, 3.63) is 86.1 Å². The SMILES string of the molecule is Cc1cnc(CNc2ccc3c(c2)Cc2cccc(-c4cc(N5CCOCC5)cc(=O)[nH]4)c2O3)s1. The maximum Gasteiger partial charge on any atom is 0.250 e. The van der Waals surface area contributed by atoms with Crippen molar-refractivity contribution in [3.63, 3.8) is 0 Å². The number of nitrogens with zero attached hydrogens (tertiary/aromatic N) is 2. The number of fused-ring (bicyclic) bond motifs is 2. The van der Waals surface area contributed by atoms with Crippen LogP contribution in [0.15, 0.2) is 59.5 Å². The average Bonchev–Trinajstić information content (AvgIpc) is 3.31. The van der Waals surface area contributed by atoms with Crippen LogP contribution < -0.4 is 20.5 Å². The summed E-state index contributed by atoms with van der Waals surface area (Å²) in [5.41, 5.74) is 5.71. The molecule has 1 fully saturated rings. The van der Waals surface area contributed by atoms with Gasteiger partial charge in [-0.05, 0) is 42.8 Å². The van der Waals surface area contributed by atoms with Gasteiger partial charge in [0.15, 0.2) is 0 Å². The maximum atomic E-state index is 12.5. The molecule has 2 aromatic heterocycles. The van der Waals surface area contributed by atoms with Crippen LogP contribution in [-0.2, 0) is 17.7 Å². The van der Waals surface area contributed by atoms with Crippen LogP contribution in [0.1, 0.15) is 21.0 Å². The number of benzene rings is 2. The molecule has 1 saturated heterocycles. The van der Waals surface area contributed by atoms with Crippen molar-refractivity contribution in [1.29, 1.82) is 0 Å². The highest BCUT2D eigenvalue weighted by Gasteiger charge is 2.22. The molecule has 8 heteroatoms. The van der Waals surface area contributed by atoms with Crippen molar-refractivity contribution in [2.24, 2.45) is 0 Å². The predicted molar refractivity (Wildman–Crippen MR) is 139 cm³/mol. The molecule has 0 aliphatic carbocycles. The Kier molecular flexibility index (Phi) is 5.75. The van der Waals surface area contributed by atoms with E-state index < -0.39 is 0 Å². The molecule has 6 rings (SSSR count). The second kappa shape index (κ2) is 9.20. The first kappa shape index (κ1) is 21.9. The summed E-state index contributed by atoms with van der Waals surface area (Å²) in [6.07, 6.45) is 2.67. The highest BCUT2D eigenvalue weighted by molar-refractivity contribution is 7.11. The smallest absolute Gasteiger partial charge is 0.250 e. The van der Waals surface area contributed by atoms with Crippen LogP contribution in [0.25, 0.3) is 11.3 Å². The molecule has 0 bridgehead atoms. The summed E-state index contributed by atoms with van der Waals surface area (Å²) in [6, 6.07) is 16.0. The minimum Gasteiger partial charge on any atom is -0.456 e. The largest absolute Gasteiger partial charge is 0.456 e. The molecule has 0 atom stereocenters. The fraction of sp³-hybridized carbons (Fsp3) is 0.259. The third kappa shape index (κ3) is 4.54. The van der Waals surface area contributed by atoms with Crippen LogP contribution in [0.2, 0.25) is 0 Å². The van der Waals surface area contributed by atoms with E-state index in [0.717, 1.165) is 69.8 Å². The van der Waals surface area contributed by atoms with E-state index in [0.29, 0.717) is 19.8 Å². The summed E-state index contributed by atoms with van der Waals surface area (Å²) >= 11 is 1.70. The molecule has 0 unspecified atom stereocenters. The summed E-state index contributed by atoms with van der Waals surface area (Å²) in [4.78, 5) is 23.4. The predicted octanol–water partition coefficient (Wildman–Crippen LogP) is 4.95. The van der Waals surface area contributed by atoms with Gasteiger partial charge in [-0.2, -0.15) is 0 Å². The number of aromatic amines is 1. The number of pyridine rings is 1. The van der Waals surface area contributed by atoms with Gasteiger partial charge in [-0.25, -0.2) is 4.98 Å². The molecule has 0 saturated carbocycles. The Bertz CT molecular complexity index is 1440. The lowest BCUT2D eigenvalue weighted by atomic mass is 9.96. The normalized spacial score (nSPS) is 14.7. The van der Waals surface area contributed by atoms with Crippen molar-refractivity contribution in [2.75, 3.05) is 36.5 Å². The van der Waals surface area contributed by atoms with Gasteiger partial charge in [0.1, 0.15) is 16.5 Å². The fourth-order valence-electron chi connectivity index (χ4n) is 4.64. The molecule has 2 N–H and O–H groups in total.